The Kier molecular flexibility index (Phi) is 3.80. The Morgan fingerprint density at radius 2 is 2.00 bits per heavy atom. The molecule has 2 rings (SSSR count). The first-order valence-corrected chi connectivity index (χ1v) is 6.11. The van der Waals surface area contributed by atoms with Gasteiger partial charge in [0.15, 0.2) is 0 Å². The molecular weight excluding hydrogens is 248 g/mol. The van der Waals surface area contributed by atoms with E-state index in [1.165, 1.54) is 18.3 Å². The average molecular weight is 264 g/mol. The van der Waals surface area contributed by atoms with E-state index in [1.807, 2.05) is 13.8 Å². The molecule has 1 saturated heterocycles. The molecule has 6 heteroatoms. The van der Waals surface area contributed by atoms with E-state index in [0.717, 1.165) is 0 Å². The number of aromatic carboxylic acids is 1. The minimum absolute atomic E-state index is 0.0321. The summed E-state index contributed by atoms with van der Waals surface area (Å²) in [4.78, 5) is 28.8. The molecule has 1 aliphatic heterocycles. The summed E-state index contributed by atoms with van der Waals surface area (Å²) in [6.07, 6.45) is 1.27. The molecule has 1 aromatic heterocycles. The van der Waals surface area contributed by atoms with Crippen molar-refractivity contribution in [2.45, 2.75) is 26.1 Å². The predicted molar refractivity (Wildman–Crippen MR) is 67.1 cm³/mol. The monoisotopic (exact) mass is 264 g/mol. The molecule has 2 heterocycles. The van der Waals surface area contributed by atoms with Crippen LogP contribution in [0.15, 0.2) is 18.3 Å². The van der Waals surface area contributed by atoms with Crippen molar-refractivity contribution in [3.8, 4) is 0 Å². The molecular formula is C13H16N2O4. The van der Waals surface area contributed by atoms with Crippen LogP contribution in [0, 0.1) is 0 Å². The number of ether oxygens (including phenoxy) is 1. The number of rotatable bonds is 2. The van der Waals surface area contributed by atoms with Crippen molar-refractivity contribution in [2.75, 3.05) is 13.1 Å². The molecule has 0 aliphatic carbocycles. The Morgan fingerprint density at radius 3 is 2.58 bits per heavy atom. The van der Waals surface area contributed by atoms with Gasteiger partial charge in [-0.25, -0.2) is 4.79 Å². The molecule has 0 aromatic carbocycles. The maximum Gasteiger partial charge on any atom is 0.335 e. The van der Waals surface area contributed by atoms with Crippen LogP contribution in [0.3, 0.4) is 0 Å². The molecule has 1 fully saturated rings. The van der Waals surface area contributed by atoms with E-state index >= 15 is 0 Å². The maximum absolute atomic E-state index is 12.3. The van der Waals surface area contributed by atoms with Gasteiger partial charge in [0.05, 0.1) is 17.8 Å². The molecule has 19 heavy (non-hydrogen) atoms. The summed E-state index contributed by atoms with van der Waals surface area (Å²) in [6.45, 7) is 4.78. The van der Waals surface area contributed by atoms with E-state index in [2.05, 4.69) is 4.98 Å². The zero-order valence-electron chi connectivity index (χ0n) is 10.9. The Morgan fingerprint density at radius 1 is 1.37 bits per heavy atom. The van der Waals surface area contributed by atoms with Crippen molar-refractivity contribution in [1.29, 1.82) is 0 Å². The lowest BCUT2D eigenvalue weighted by molar-refractivity contribution is -0.0587. The van der Waals surface area contributed by atoms with Crippen LogP contribution in [0.4, 0.5) is 0 Å². The van der Waals surface area contributed by atoms with Crippen molar-refractivity contribution >= 4 is 11.9 Å². The summed E-state index contributed by atoms with van der Waals surface area (Å²) in [5, 5.41) is 8.91. The number of nitrogens with zero attached hydrogens (tertiary/aromatic N) is 2. The van der Waals surface area contributed by atoms with Crippen molar-refractivity contribution in [2.24, 2.45) is 0 Å². The number of aromatic nitrogens is 1. The quantitative estimate of drug-likeness (QED) is 0.863. The molecule has 0 radical (unpaired) electrons. The maximum atomic E-state index is 12.3. The van der Waals surface area contributed by atoms with E-state index in [9.17, 15) is 9.59 Å². The molecule has 1 aliphatic rings. The van der Waals surface area contributed by atoms with Crippen LogP contribution in [0.2, 0.25) is 0 Å². The standard InChI is InChI=1S/C13H16N2O4/c1-8-6-15(7-9(2)19-8)12(16)11-5-10(13(17)18)3-4-14-11/h3-5,8-9H,6-7H2,1-2H3,(H,17,18)/t8-,9+. The number of carbonyl (C=O) groups excluding carboxylic acids is 1. The lowest BCUT2D eigenvalue weighted by atomic mass is 10.2. The van der Waals surface area contributed by atoms with Crippen LogP contribution in [-0.4, -0.2) is 52.2 Å². The third-order valence-electron chi connectivity index (χ3n) is 2.93. The molecule has 0 unspecified atom stereocenters. The lowest BCUT2D eigenvalue weighted by Gasteiger charge is -2.35. The van der Waals surface area contributed by atoms with E-state index in [-0.39, 0.29) is 29.4 Å². The first-order chi connectivity index (χ1) is 8.97. The molecule has 6 nitrogen and oxygen atoms in total. The van der Waals surface area contributed by atoms with Gasteiger partial charge in [0, 0.05) is 19.3 Å². The first-order valence-electron chi connectivity index (χ1n) is 6.11. The van der Waals surface area contributed by atoms with Gasteiger partial charge in [-0.3, -0.25) is 9.78 Å². The van der Waals surface area contributed by atoms with Gasteiger partial charge in [0.25, 0.3) is 5.91 Å². The Hall–Kier alpha value is -1.95. The van der Waals surface area contributed by atoms with Crippen LogP contribution < -0.4 is 0 Å². The molecule has 0 saturated carbocycles. The summed E-state index contributed by atoms with van der Waals surface area (Å²) in [5.74, 6) is -1.33. The third-order valence-corrected chi connectivity index (χ3v) is 2.93. The summed E-state index contributed by atoms with van der Waals surface area (Å²) >= 11 is 0. The van der Waals surface area contributed by atoms with Crippen molar-refractivity contribution < 1.29 is 19.4 Å². The number of hydrogen-bond acceptors (Lipinski definition) is 4. The zero-order chi connectivity index (χ0) is 14.0. The van der Waals surface area contributed by atoms with Gasteiger partial charge in [-0.2, -0.15) is 0 Å². The van der Waals surface area contributed by atoms with Gasteiger partial charge in [-0.1, -0.05) is 0 Å². The van der Waals surface area contributed by atoms with Gasteiger partial charge in [0.1, 0.15) is 5.69 Å². The molecule has 0 spiro atoms. The summed E-state index contributed by atoms with van der Waals surface area (Å²) < 4.78 is 5.56. The fourth-order valence-electron chi connectivity index (χ4n) is 2.19. The normalized spacial score (nSPS) is 23.2. The highest BCUT2D eigenvalue weighted by Gasteiger charge is 2.27. The van der Waals surface area contributed by atoms with E-state index in [1.54, 1.807) is 4.90 Å². The van der Waals surface area contributed by atoms with Gasteiger partial charge in [-0.15, -0.1) is 0 Å². The second kappa shape index (κ2) is 5.36. The van der Waals surface area contributed by atoms with Crippen LogP contribution in [0.5, 0.6) is 0 Å². The van der Waals surface area contributed by atoms with Gasteiger partial charge < -0.3 is 14.7 Å². The average Bonchev–Trinajstić information content (AvgIpc) is 2.37. The number of carboxylic acid groups (broad SMARTS) is 1. The number of amides is 1. The molecule has 102 valence electrons. The van der Waals surface area contributed by atoms with Gasteiger partial charge >= 0.3 is 5.97 Å². The topological polar surface area (TPSA) is 79.7 Å². The Labute approximate surface area is 111 Å². The van der Waals surface area contributed by atoms with Crippen LogP contribution in [0.25, 0.3) is 0 Å². The fourth-order valence-corrected chi connectivity index (χ4v) is 2.19. The van der Waals surface area contributed by atoms with E-state index in [4.69, 9.17) is 9.84 Å². The van der Waals surface area contributed by atoms with E-state index < -0.39 is 5.97 Å². The molecule has 1 N–H and O–H groups in total. The summed E-state index contributed by atoms with van der Waals surface area (Å²) in [5.41, 5.74) is 0.217. The minimum atomic E-state index is -1.07. The van der Waals surface area contributed by atoms with E-state index in [0.29, 0.717) is 13.1 Å². The minimum Gasteiger partial charge on any atom is -0.478 e. The second-order valence-corrected chi connectivity index (χ2v) is 4.70. The van der Waals surface area contributed by atoms with Crippen molar-refractivity contribution in [3.05, 3.63) is 29.6 Å². The zero-order valence-corrected chi connectivity index (χ0v) is 10.9. The second-order valence-electron chi connectivity index (χ2n) is 4.70. The van der Waals surface area contributed by atoms with Gasteiger partial charge in [-0.05, 0) is 26.0 Å². The number of carbonyl (C=O) groups is 2. The summed E-state index contributed by atoms with van der Waals surface area (Å²) in [6, 6.07) is 2.67. The highest BCUT2D eigenvalue weighted by atomic mass is 16.5. The Bertz CT molecular complexity index is 493. The molecule has 1 amide bonds. The smallest absolute Gasteiger partial charge is 0.335 e. The van der Waals surface area contributed by atoms with Gasteiger partial charge in [0.2, 0.25) is 0 Å². The third kappa shape index (κ3) is 3.08. The summed E-state index contributed by atoms with van der Waals surface area (Å²) in [7, 11) is 0. The predicted octanol–water partition coefficient (Wildman–Crippen LogP) is 1.03. The van der Waals surface area contributed by atoms with Crippen molar-refractivity contribution in [1.82, 2.24) is 9.88 Å². The number of pyridine rings is 1. The highest BCUT2D eigenvalue weighted by molar-refractivity contribution is 5.95. The SMILES string of the molecule is C[C@@H]1CN(C(=O)c2cc(C(=O)O)ccn2)C[C@H](C)O1. The molecule has 0 bridgehead atoms. The number of morpholine rings is 1. The lowest BCUT2D eigenvalue weighted by Crippen LogP contribution is -2.48. The number of carboxylic acids is 1. The highest BCUT2D eigenvalue weighted by Crippen LogP contribution is 2.14. The fraction of sp³-hybridized carbons (Fsp3) is 0.462. The molecule has 1 aromatic rings. The molecule has 2 atom stereocenters. The Balaban J connectivity index is 2.19. The van der Waals surface area contributed by atoms with Crippen LogP contribution >= 0.6 is 0 Å². The number of hydrogen-bond donors (Lipinski definition) is 1. The first kappa shape index (κ1) is 13.5. The van der Waals surface area contributed by atoms with Crippen molar-refractivity contribution in [3.63, 3.8) is 0 Å². The van der Waals surface area contributed by atoms with Crippen LogP contribution in [-0.2, 0) is 4.74 Å². The van der Waals surface area contributed by atoms with Crippen LogP contribution in [0.1, 0.15) is 34.7 Å². The largest absolute Gasteiger partial charge is 0.478 e.